The van der Waals surface area contributed by atoms with E-state index in [0.717, 1.165) is 12.1 Å². The van der Waals surface area contributed by atoms with Crippen LogP contribution in [0.25, 0.3) is 0 Å². The minimum Gasteiger partial charge on any atom is -0.462 e. The fourth-order valence-electron chi connectivity index (χ4n) is 2.14. The van der Waals surface area contributed by atoms with Gasteiger partial charge in [-0.15, -0.1) is 10.2 Å². The third-order valence-electron chi connectivity index (χ3n) is 3.57. The first kappa shape index (κ1) is 19.4. The van der Waals surface area contributed by atoms with Gasteiger partial charge in [0.1, 0.15) is 0 Å². The van der Waals surface area contributed by atoms with Gasteiger partial charge in [-0.25, -0.2) is 4.79 Å². The molecule has 0 atom stereocenters. The third kappa shape index (κ3) is 5.84. The Bertz CT molecular complexity index is 727. The Balaban J connectivity index is 1.92. The molecule has 1 heterocycles. The van der Waals surface area contributed by atoms with Crippen LogP contribution in [0, 0.1) is 5.92 Å². The number of hydrogen-bond acceptors (Lipinski definition) is 6. The average molecular weight is 356 g/mol. The van der Waals surface area contributed by atoms with E-state index < -0.39 is 0 Å². The maximum Gasteiger partial charge on any atom is 0.338 e. The number of amides is 1. The molecule has 0 aliphatic carbocycles. The Labute approximate surface area is 153 Å². The second-order valence-electron chi connectivity index (χ2n) is 6.17. The van der Waals surface area contributed by atoms with Gasteiger partial charge in [0.25, 0.3) is 5.91 Å². The fourth-order valence-corrected chi connectivity index (χ4v) is 2.14. The lowest BCUT2D eigenvalue weighted by Gasteiger charge is -2.08. The first-order valence-corrected chi connectivity index (χ1v) is 8.65. The van der Waals surface area contributed by atoms with Crippen molar-refractivity contribution in [3.63, 3.8) is 0 Å². The Kier molecular flexibility index (Phi) is 7.08. The maximum atomic E-state index is 12.0. The van der Waals surface area contributed by atoms with Gasteiger partial charge < -0.3 is 15.4 Å². The summed E-state index contributed by atoms with van der Waals surface area (Å²) in [7, 11) is 0. The summed E-state index contributed by atoms with van der Waals surface area (Å²) in [5.74, 6) is 0.450. The average Bonchev–Trinajstić information content (AvgIpc) is 2.63. The van der Waals surface area contributed by atoms with Crippen LogP contribution in [0.4, 0.5) is 11.5 Å². The second kappa shape index (κ2) is 9.50. The van der Waals surface area contributed by atoms with Crippen LogP contribution in [0.1, 0.15) is 48.0 Å². The summed E-state index contributed by atoms with van der Waals surface area (Å²) in [5, 5.41) is 13.8. The van der Waals surface area contributed by atoms with Crippen molar-refractivity contribution < 1.29 is 14.3 Å². The van der Waals surface area contributed by atoms with Crippen molar-refractivity contribution in [2.45, 2.75) is 27.2 Å². The van der Waals surface area contributed by atoms with Crippen LogP contribution >= 0.6 is 0 Å². The number of aromatic nitrogens is 2. The van der Waals surface area contributed by atoms with Crippen molar-refractivity contribution in [2.75, 3.05) is 18.5 Å². The molecule has 7 heteroatoms. The number of carbonyl (C=O) groups is 2. The van der Waals surface area contributed by atoms with Crippen molar-refractivity contribution in [1.82, 2.24) is 15.5 Å². The Morgan fingerprint density at radius 2 is 1.81 bits per heavy atom. The molecule has 0 unspecified atom stereocenters. The van der Waals surface area contributed by atoms with Gasteiger partial charge in [0.2, 0.25) is 0 Å². The van der Waals surface area contributed by atoms with Crippen LogP contribution in [0.3, 0.4) is 0 Å². The predicted molar refractivity (Wildman–Crippen MR) is 99.5 cm³/mol. The quantitative estimate of drug-likeness (QED) is 0.706. The van der Waals surface area contributed by atoms with Gasteiger partial charge >= 0.3 is 5.97 Å². The SMILES string of the molecule is CCOC(=O)c1ccc(Nc2ccc(C(=O)NCCC(C)C)nn2)cc1. The normalized spacial score (nSPS) is 10.5. The summed E-state index contributed by atoms with van der Waals surface area (Å²) in [6, 6.07) is 10.1. The van der Waals surface area contributed by atoms with Gasteiger partial charge in [-0.05, 0) is 55.7 Å². The van der Waals surface area contributed by atoms with Gasteiger partial charge in [-0.1, -0.05) is 13.8 Å². The predicted octanol–water partition coefficient (Wildman–Crippen LogP) is 3.17. The van der Waals surface area contributed by atoms with Crippen LogP contribution in [0.5, 0.6) is 0 Å². The fraction of sp³-hybridized carbons (Fsp3) is 0.368. The largest absolute Gasteiger partial charge is 0.462 e. The number of nitrogens with one attached hydrogen (secondary N) is 2. The molecular formula is C19H24N4O3. The van der Waals surface area contributed by atoms with E-state index in [0.29, 0.717) is 30.5 Å². The minimum absolute atomic E-state index is 0.233. The molecule has 0 fully saturated rings. The molecule has 26 heavy (non-hydrogen) atoms. The number of esters is 1. The molecular weight excluding hydrogens is 332 g/mol. The molecule has 0 aliphatic heterocycles. The first-order valence-electron chi connectivity index (χ1n) is 8.65. The summed E-state index contributed by atoms with van der Waals surface area (Å²) in [4.78, 5) is 23.6. The van der Waals surface area contributed by atoms with Gasteiger partial charge in [0.05, 0.1) is 12.2 Å². The zero-order chi connectivity index (χ0) is 18.9. The Morgan fingerprint density at radius 3 is 2.38 bits per heavy atom. The molecule has 1 aromatic heterocycles. The van der Waals surface area contributed by atoms with Gasteiger partial charge in [0.15, 0.2) is 11.5 Å². The molecule has 0 spiro atoms. The van der Waals surface area contributed by atoms with Gasteiger partial charge in [0, 0.05) is 12.2 Å². The molecule has 0 radical (unpaired) electrons. The molecule has 1 amide bonds. The monoisotopic (exact) mass is 356 g/mol. The Hall–Kier alpha value is -2.96. The topological polar surface area (TPSA) is 93.2 Å². The van der Waals surface area contributed by atoms with E-state index in [-0.39, 0.29) is 17.6 Å². The van der Waals surface area contributed by atoms with Crippen molar-refractivity contribution in [3.05, 3.63) is 47.7 Å². The Morgan fingerprint density at radius 1 is 1.08 bits per heavy atom. The number of carbonyl (C=O) groups excluding carboxylic acids is 2. The second-order valence-corrected chi connectivity index (χ2v) is 6.17. The van der Waals surface area contributed by atoms with Crippen LogP contribution in [-0.4, -0.2) is 35.2 Å². The highest BCUT2D eigenvalue weighted by molar-refractivity contribution is 5.92. The van der Waals surface area contributed by atoms with Crippen LogP contribution < -0.4 is 10.6 Å². The van der Waals surface area contributed by atoms with Gasteiger partial charge in [-0.3, -0.25) is 4.79 Å². The van der Waals surface area contributed by atoms with E-state index in [9.17, 15) is 9.59 Å². The van der Waals surface area contributed by atoms with Gasteiger partial charge in [-0.2, -0.15) is 0 Å². The third-order valence-corrected chi connectivity index (χ3v) is 3.57. The molecule has 0 saturated heterocycles. The lowest BCUT2D eigenvalue weighted by Crippen LogP contribution is -2.26. The molecule has 0 bridgehead atoms. The van der Waals surface area contributed by atoms with E-state index in [1.807, 2.05) is 0 Å². The summed E-state index contributed by atoms with van der Waals surface area (Å²) in [6.07, 6.45) is 0.917. The number of ether oxygens (including phenoxy) is 1. The zero-order valence-corrected chi connectivity index (χ0v) is 15.3. The van der Waals surface area contributed by atoms with Crippen molar-refractivity contribution in [2.24, 2.45) is 5.92 Å². The number of benzene rings is 1. The van der Waals surface area contributed by atoms with E-state index in [2.05, 4.69) is 34.7 Å². The van der Waals surface area contributed by atoms with Crippen LogP contribution in [0.15, 0.2) is 36.4 Å². The number of nitrogens with zero attached hydrogens (tertiary/aromatic N) is 2. The smallest absolute Gasteiger partial charge is 0.338 e. The van der Waals surface area contributed by atoms with E-state index in [4.69, 9.17) is 4.74 Å². The molecule has 2 N–H and O–H groups in total. The van der Waals surface area contributed by atoms with Crippen LogP contribution in [0.2, 0.25) is 0 Å². The van der Waals surface area contributed by atoms with Crippen molar-refractivity contribution >= 4 is 23.4 Å². The standard InChI is InChI=1S/C19H24N4O3/c1-4-26-19(25)14-5-7-15(8-6-14)21-17-10-9-16(22-23-17)18(24)20-12-11-13(2)3/h5-10,13H,4,11-12H2,1-3H3,(H,20,24)(H,21,23). The molecule has 0 aliphatic rings. The van der Waals surface area contributed by atoms with E-state index in [1.165, 1.54) is 0 Å². The van der Waals surface area contributed by atoms with Crippen molar-refractivity contribution in [1.29, 1.82) is 0 Å². The molecule has 138 valence electrons. The zero-order valence-electron chi connectivity index (χ0n) is 15.3. The maximum absolute atomic E-state index is 12.0. The van der Waals surface area contributed by atoms with E-state index in [1.54, 1.807) is 43.3 Å². The van der Waals surface area contributed by atoms with E-state index >= 15 is 0 Å². The summed E-state index contributed by atoms with van der Waals surface area (Å²) in [6.45, 7) is 6.93. The van der Waals surface area contributed by atoms with Crippen LogP contribution in [-0.2, 0) is 4.74 Å². The lowest BCUT2D eigenvalue weighted by atomic mass is 10.1. The molecule has 2 rings (SSSR count). The minimum atomic E-state index is -0.355. The summed E-state index contributed by atoms with van der Waals surface area (Å²) >= 11 is 0. The highest BCUT2D eigenvalue weighted by atomic mass is 16.5. The number of anilines is 2. The highest BCUT2D eigenvalue weighted by Crippen LogP contribution is 2.15. The molecule has 0 saturated carbocycles. The molecule has 7 nitrogen and oxygen atoms in total. The number of rotatable bonds is 8. The van der Waals surface area contributed by atoms with Crippen molar-refractivity contribution in [3.8, 4) is 0 Å². The molecule has 2 aromatic rings. The molecule has 1 aromatic carbocycles. The number of hydrogen-bond donors (Lipinski definition) is 2. The first-order chi connectivity index (χ1) is 12.5. The summed E-state index contributed by atoms with van der Waals surface area (Å²) in [5.41, 5.74) is 1.51. The lowest BCUT2D eigenvalue weighted by molar-refractivity contribution is 0.0526. The summed E-state index contributed by atoms with van der Waals surface area (Å²) < 4.78 is 4.94. The highest BCUT2D eigenvalue weighted by Gasteiger charge is 2.09.